The topological polar surface area (TPSA) is 240 Å². The first kappa shape index (κ1) is 84.6. The summed E-state index contributed by atoms with van der Waals surface area (Å²) in [6.07, 6.45) is 19.2. The van der Waals surface area contributed by atoms with E-state index >= 15 is 0 Å². The van der Waals surface area contributed by atoms with E-state index in [0.29, 0.717) is 64.3 Å². The summed E-state index contributed by atoms with van der Waals surface area (Å²) in [4.78, 5) is 85.2. The molecule has 12 aliphatic carbocycles. The maximum absolute atomic E-state index is 14.3. The highest BCUT2D eigenvalue weighted by Gasteiger charge is 2.76. The van der Waals surface area contributed by atoms with Crippen molar-refractivity contribution in [2.75, 3.05) is 46.0 Å². The van der Waals surface area contributed by atoms with Crippen LogP contribution in [0.4, 0.5) is 35.1 Å². The van der Waals surface area contributed by atoms with Crippen LogP contribution in [0.25, 0.3) is 33.4 Å². The Morgan fingerprint density at radius 1 is 0.398 bits per heavy atom. The van der Waals surface area contributed by atoms with Crippen molar-refractivity contribution in [1.29, 1.82) is 0 Å². The lowest BCUT2D eigenvalue weighted by atomic mass is 9.34. The Hall–Kier alpha value is -11.6. The van der Waals surface area contributed by atoms with E-state index in [0.717, 1.165) is 117 Å². The van der Waals surface area contributed by atoms with E-state index in [1.54, 1.807) is 108 Å². The number of hydrogen-bond donors (Lipinski definition) is 0. The maximum atomic E-state index is 14.3. The molecule has 11 aromatic rings. The summed E-state index contributed by atoms with van der Waals surface area (Å²) in [6, 6.07) is 34.7. The molecule has 4 amide bonds. The van der Waals surface area contributed by atoms with E-state index in [1.807, 2.05) is 32.7 Å². The Balaban J connectivity index is 0.000000107. The summed E-state index contributed by atoms with van der Waals surface area (Å²) < 4.78 is 136. The fourth-order valence-corrected chi connectivity index (χ4v) is 24.2. The molecule has 16 aliphatic rings. The zero-order valence-corrected chi connectivity index (χ0v) is 72.4. The van der Waals surface area contributed by atoms with E-state index in [1.165, 1.54) is 73.1 Å². The van der Waals surface area contributed by atoms with Gasteiger partial charge in [-0.05, 0) is 188 Å². The second kappa shape index (κ2) is 32.3. The van der Waals surface area contributed by atoms with Crippen LogP contribution in [0.5, 0.6) is 17.6 Å². The van der Waals surface area contributed by atoms with Crippen LogP contribution < -0.4 is 14.2 Å². The molecule has 5 aromatic carbocycles. The third kappa shape index (κ3) is 15.8. The van der Waals surface area contributed by atoms with Gasteiger partial charge < -0.3 is 33.8 Å². The molecule has 8 unspecified atom stereocenters. The number of benzene rings is 5. The molecule has 0 spiro atoms. The molecule has 4 saturated heterocycles. The van der Waals surface area contributed by atoms with E-state index in [-0.39, 0.29) is 132 Å². The SMILES string of the molecule is Cc1ccc2c(cnn2CC23CC(C(=O)N4CC(F)CC4c4cccc(F)c4)(C2)C3)c1.Cn1cc(-c2cc(OCC34CC(C(=O)N5CC(F)CC5c5cccc(F)c5)(C3)C4)ncn2)cn1.Cn1cc(-c2cc(OCC34CC(C(=O)N5CC(F)CC5c5cccc(F)c5)(C3)C4)ncn2)cn1.O=C(N1CC(F)CC1c1cccc(F)c1)C12CC(COc3cc(Br)ncn3)(C1)C2. The predicted octanol–water partition coefficient (Wildman–Crippen LogP) is 17.0. The van der Waals surface area contributed by atoms with Crippen molar-refractivity contribution in [3.05, 3.63) is 239 Å². The number of halogens is 9. The second-order valence-corrected chi connectivity index (χ2v) is 39.7. The quantitative estimate of drug-likeness (QED) is 0.0480. The number of carbonyl (C=O) groups is 4. The van der Waals surface area contributed by atoms with E-state index in [4.69, 9.17) is 14.2 Å². The van der Waals surface area contributed by atoms with Crippen LogP contribution in [0, 0.1) is 73.5 Å². The van der Waals surface area contributed by atoms with Crippen molar-refractivity contribution in [2.24, 2.45) is 57.4 Å². The summed E-state index contributed by atoms with van der Waals surface area (Å²) in [5.41, 5.74) is 6.62. The van der Waals surface area contributed by atoms with Crippen molar-refractivity contribution in [2.45, 2.75) is 165 Å². The number of fused-ring (bicyclic) bond motifs is 1. The third-order valence-electron chi connectivity index (χ3n) is 29.1. The summed E-state index contributed by atoms with van der Waals surface area (Å²) in [6.45, 7) is 4.68. The van der Waals surface area contributed by atoms with Gasteiger partial charge in [0.05, 0.1) is 127 Å². The van der Waals surface area contributed by atoms with Crippen LogP contribution in [0.15, 0.2) is 188 Å². The molecule has 23 nitrogen and oxygen atoms in total. The minimum atomic E-state index is -1.09. The Kier molecular flexibility index (Phi) is 21.3. The number of nitrogens with zero attached hydrogens (tertiary/aromatic N) is 16. The van der Waals surface area contributed by atoms with Crippen LogP contribution in [-0.4, -0.2) is 173 Å². The van der Waals surface area contributed by atoms with Crippen molar-refractivity contribution < 1.29 is 68.5 Å². The average molecular weight is 1820 g/mol. The average Bonchev–Trinajstić information content (AvgIpc) is 0.941. The van der Waals surface area contributed by atoms with Crippen molar-refractivity contribution in [1.82, 2.24) is 78.8 Å². The lowest BCUT2D eigenvalue weighted by molar-refractivity contribution is -0.226. The first-order valence-electron chi connectivity index (χ1n) is 43.7. The normalized spacial score (nSPS) is 30.6. The Bertz CT molecular complexity index is 5880. The minimum absolute atomic E-state index is 0.00133. The fraction of sp³-hybridized carbons (Fsp3) is 0.448. The number of aromatic nitrogens is 12. The molecule has 0 N–H and O–H groups in total. The number of hydrogen-bond acceptors (Lipinski definition) is 16. The Labute approximate surface area is 741 Å². The van der Waals surface area contributed by atoms with Gasteiger partial charge in [-0.1, -0.05) is 60.2 Å². The highest BCUT2D eigenvalue weighted by Crippen LogP contribution is 2.77. The number of aryl methyl sites for hydroxylation is 3. The molecule has 6 aromatic heterocycles. The molecule has 12 saturated carbocycles. The smallest absolute Gasteiger partial charge is 0.229 e. The zero-order valence-electron chi connectivity index (χ0n) is 70.8. The number of amides is 4. The molecule has 664 valence electrons. The van der Waals surface area contributed by atoms with Gasteiger partial charge in [0.1, 0.15) is 71.5 Å². The van der Waals surface area contributed by atoms with Gasteiger partial charge in [-0.3, -0.25) is 33.2 Å². The zero-order chi connectivity index (χ0) is 88.6. The van der Waals surface area contributed by atoms with E-state index in [9.17, 15) is 54.3 Å². The highest BCUT2D eigenvalue weighted by atomic mass is 79.9. The van der Waals surface area contributed by atoms with Crippen LogP contribution in [0.1, 0.15) is 155 Å². The van der Waals surface area contributed by atoms with E-state index in [2.05, 4.69) is 90.9 Å². The molecule has 16 fully saturated rings. The Morgan fingerprint density at radius 2 is 0.727 bits per heavy atom. The predicted molar refractivity (Wildman–Crippen MR) is 455 cm³/mol. The molecular formula is C96H95BrF8N16O7. The molecule has 8 atom stereocenters. The molecule has 8 bridgehead atoms. The minimum Gasteiger partial charge on any atom is -0.477 e. The van der Waals surface area contributed by atoms with Crippen LogP contribution in [0.3, 0.4) is 0 Å². The molecule has 10 heterocycles. The molecular weight excluding hydrogens is 1720 g/mol. The standard InChI is InChI=1S/2C25H25F2N5O2.C25H25F2N3O.C21H20BrF2N3O2/c2*1-31-9-17(8-30-31)20-7-22(29-15-28-20)34-14-24-11-25(12-24,13-24)23(33)32-10-19(27)6-21(32)16-3-2-4-18(26)5-16;1-16-5-6-21-18(7-16)10-28-30(21)15-24-12-25(13-24,14-24)23(31)29-11-20(27)9-22(29)17-3-2-4-19(26)8-17;22-17-6-18(26-12-25-17)29-11-20-8-21(9-20,10-20)19(28)27-7-15(24)5-16(27)13-2-1-3-14(23)4-13/h2*2-5,7-9,15,19,21H,6,10-14H2,1H3;2-8,10,20,22H,9,11-15H2,1H3;1-4,6,12,15-16H,5,7-11H2. The first-order chi connectivity index (χ1) is 61.4. The number of carbonyl (C=O) groups excluding carboxylic acids is 4. The van der Waals surface area contributed by atoms with Crippen LogP contribution in [0.2, 0.25) is 0 Å². The molecule has 4 aliphatic heterocycles. The van der Waals surface area contributed by atoms with Crippen molar-refractivity contribution >= 4 is 50.5 Å². The van der Waals surface area contributed by atoms with Gasteiger partial charge in [0.2, 0.25) is 41.3 Å². The fourth-order valence-electron chi connectivity index (χ4n) is 23.9. The molecule has 27 rings (SSSR count). The lowest BCUT2D eigenvalue weighted by Crippen LogP contribution is -2.69. The van der Waals surface area contributed by atoms with Gasteiger partial charge in [0.15, 0.2) is 0 Å². The Morgan fingerprint density at radius 3 is 1.05 bits per heavy atom. The molecule has 128 heavy (non-hydrogen) atoms. The van der Waals surface area contributed by atoms with Gasteiger partial charge in [-0.15, -0.1) is 0 Å². The van der Waals surface area contributed by atoms with Crippen LogP contribution >= 0.6 is 15.9 Å². The number of likely N-dealkylation sites (tertiary alicyclic amines) is 4. The third-order valence-corrected chi connectivity index (χ3v) is 29.5. The monoisotopic (exact) mass is 1810 g/mol. The summed E-state index contributed by atoms with van der Waals surface area (Å²) in [5.74, 6) is 0.0551. The number of alkyl halides is 4. The largest absolute Gasteiger partial charge is 0.477 e. The van der Waals surface area contributed by atoms with Gasteiger partial charge >= 0.3 is 0 Å². The van der Waals surface area contributed by atoms with Gasteiger partial charge in [0, 0.05) is 110 Å². The summed E-state index contributed by atoms with van der Waals surface area (Å²) >= 11 is 3.29. The molecule has 0 radical (unpaired) electrons. The number of rotatable bonds is 21. The van der Waals surface area contributed by atoms with Crippen molar-refractivity contribution in [3.8, 4) is 40.2 Å². The van der Waals surface area contributed by atoms with Gasteiger partial charge in [-0.25, -0.2) is 65.0 Å². The molecule has 32 heteroatoms. The maximum Gasteiger partial charge on any atom is 0.229 e. The van der Waals surface area contributed by atoms with Crippen LogP contribution in [-0.2, 0) is 39.8 Å². The summed E-state index contributed by atoms with van der Waals surface area (Å²) in [7, 11) is 3.69. The second-order valence-electron chi connectivity index (χ2n) is 38.9. The van der Waals surface area contributed by atoms with Crippen molar-refractivity contribution in [3.63, 3.8) is 0 Å². The number of ether oxygens (including phenoxy) is 3. The first-order valence-corrected chi connectivity index (χ1v) is 44.5. The van der Waals surface area contributed by atoms with Gasteiger partial charge in [0.25, 0.3) is 0 Å². The highest BCUT2D eigenvalue weighted by molar-refractivity contribution is 9.10. The van der Waals surface area contributed by atoms with E-state index < -0.39 is 59.1 Å². The lowest BCUT2D eigenvalue weighted by Gasteiger charge is -2.70. The summed E-state index contributed by atoms with van der Waals surface area (Å²) in [5, 5.41) is 14.0. The van der Waals surface area contributed by atoms with Gasteiger partial charge in [-0.2, -0.15) is 15.3 Å².